The van der Waals surface area contributed by atoms with Gasteiger partial charge in [0.15, 0.2) is 11.7 Å². The molecule has 0 aliphatic carbocycles. The molecule has 0 saturated carbocycles. The molecule has 11 heteroatoms. The number of hydrogen-bond acceptors (Lipinski definition) is 6. The van der Waals surface area contributed by atoms with Crippen LogP contribution in [-0.2, 0) is 4.79 Å². The summed E-state index contributed by atoms with van der Waals surface area (Å²) in [7, 11) is 0. The molecule has 0 aliphatic heterocycles. The molecule has 0 aliphatic rings. The van der Waals surface area contributed by atoms with Crippen LogP contribution in [0.1, 0.15) is 10.4 Å². The molecule has 27 heavy (non-hydrogen) atoms. The average molecular weight is 409 g/mol. The maximum absolute atomic E-state index is 11.9. The summed E-state index contributed by atoms with van der Waals surface area (Å²) < 4.78 is 5.19. The molecule has 0 bridgehead atoms. The van der Waals surface area contributed by atoms with E-state index < -0.39 is 16.7 Å². The van der Waals surface area contributed by atoms with E-state index in [0.717, 1.165) is 0 Å². The molecule has 0 unspecified atom stereocenters. The topological polar surface area (TPSA) is 123 Å². The molecule has 0 radical (unpaired) electrons. The molecule has 2 aromatic rings. The van der Waals surface area contributed by atoms with Gasteiger partial charge in [-0.2, -0.15) is 0 Å². The number of nitro groups is 1. The van der Waals surface area contributed by atoms with Gasteiger partial charge in [0, 0.05) is 12.1 Å². The van der Waals surface area contributed by atoms with Crippen molar-refractivity contribution in [3.63, 3.8) is 0 Å². The molecule has 2 amide bonds. The molecule has 0 fully saturated rings. The van der Waals surface area contributed by atoms with Gasteiger partial charge in [-0.1, -0.05) is 23.7 Å². The van der Waals surface area contributed by atoms with Crippen molar-refractivity contribution in [3.8, 4) is 5.75 Å². The van der Waals surface area contributed by atoms with Gasteiger partial charge in [-0.15, -0.1) is 0 Å². The van der Waals surface area contributed by atoms with Gasteiger partial charge in [-0.25, -0.2) is 0 Å². The van der Waals surface area contributed by atoms with Crippen molar-refractivity contribution in [1.82, 2.24) is 16.2 Å². The summed E-state index contributed by atoms with van der Waals surface area (Å²) in [4.78, 5) is 33.7. The first kappa shape index (κ1) is 20.1. The Morgan fingerprint density at radius 1 is 1.11 bits per heavy atom. The summed E-state index contributed by atoms with van der Waals surface area (Å²) in [5, 5.41) is 13.0. The van der Waals surface area contributed by atoms with Crippen LogP contribution in [-0.4, -0.2) is 28.5 Å². The van der Waals surface area contributed by atoms with E-state index in [0.29, 0.717) is 0 Å². The van der Waals surface area contributed by atoms with Gasteiger partial charge in [0.1, 0.15) is 5.75 Å². The second-order valence-electron chi connectivity index (χ2n) is 4.98. The lowest BCUT2D eigenvalue weighted by Crippen LogP contribution is -2.49. The Morgan fingerprint density at radius 2 is 1.78 bits per heavy atom. The largest absolute Gasteiger partial charge is 0.484 e. The lowest BCUT2D eigenvalue weighted by Gasteiger charge is -2.11. The fourth-order valence-electron chi connectivity index (χ4n) is 1.83. The molecule has 0 spiro atoms. The normalized spacial score (nSPS) is 9.81. The number of carbonyl (C=O) groups is 2. The summed E-state index contributed by atoms with van der Waals surface area (Å²) in [6.45, 7) is -0.377. The summed E-state index contributed by atoms with van der Waals surface area (Å²) in [5.41, 5.74) is 4.82. The van der Waals surface area contributed by atoms with Crippen molar-refractivity contribution in [2.75, 3.05) is 6.61 Å². The summed E-state index contributed by atoms with van der Waals surface area (Å²) in [6, 6.07) is 11.7. The monoisotopic (exact) mass is 408 g/mol. The first-order valence-corrected chi connectivity index (χ1v) is 8.17. The van der Waals surface area contributed by atoms with E-state index in [1.807, 2.05) is 0 Å². The molecule has 2 aromatic carbocycles. The van der Waals surface area contributed by atoms with Crippen molar-refractivity contribution in [3.05, 3.63) is 69.2 Å². The highest BCUT2D eigenvalue weighted by atomic mass is 35.5. The Balaban J connectivity index is 1.75. The minimum absolute atomic E-state index is 0.0913. The van der Waals surface area contributed by atoms with Gasteiger partial charge in [0.05, 0.1) is 15.5 Å². The predicted octanol–water partition coefficient (Wildman–Crippen LogP) is 1.96. The number of amides is 2. The highest BCUT2D eigenvalue weighted by Gasteiger charge is 2.11. The maximum Gasteiger partial charge on any atom is 0.271 e. The molecule has 140 valence electrons. The number of halogens is 1. The third-order valence-electron chi connectivity index (χ3n) is 3.08. The highest BCUT2D eigenvalue weighted by Crippen LogP contribution is 2.17. The molecule has 9 nitrogen and oxygen atoms in total. The fraction of sp³-hybridized carbons (Fsp3) is 0.0625. The summed E-state index contributed by atoms with van der Waals surface area (Å²) in [6.07, 6.45) is 0. The van der Waals surface area contributed by atoms with Crippen molar-refractivity contribution in [2.24, 2.45) is 0 Å². The van der Waals surface area contributed by atoms with Crippen LogP contribution < -0.4 is 20.9 Å². The van der Waals surface area contributed by atoms with Crippen LogP contribution in [0.3, 0.4) is 0 Å². The van der Waals surface area contributed by atoms with Crippen molar-refractivity contribution in [1.29, 1.82) is 0 Å². The van der Waals surface area contributed by atoms with Gasteiger partial charge >= 0.3 is 0 Å². The summed E-state index contributed by atoms with van der Waals surface area (Å²) >= 11 is 10.8. The third-order valence-corrected chi connectivity index (χ3v) is 3.61. The minimum Gasteiger partial charge on any atom is -0.484 e. The number of nitrogens with zero attached hydrogens (tertiary/aromatic N) is 1. The number of nitrogens with one attached hydrogen (secondary N) is 3. The molecule has 0 heterocycles. The maximum atomic E-state index is 11.9. The number of thiocarbonyl (C=S) groups is 1. The summed E-state index contributed by atoms with van der Waals surface area (Å²) in [5.74, 6) is -0.834. The minimum atomic E-state index is -0.585. The van der Waals surface area contributed by atoms with Crippen LogP contribution in [0.2, 0.25) is 5.02 Å². The van der Waals surface area contributed by atoms with Gasteiger partial charge in [-0.05, 0) is 36.5 Å². The van der Waals surface area contributed by atoms with Gasteiger partial charge in [-0.3, -0.25) is 35.9 Å². The van der Waals surface area contributed by atoms with Crippen LogP contribution in [0.4, 0.5) is 5.69 Å². The molecule has 0 atom stereocenters. The lowest BCUT2D eigenvalue weighted by molar-refractivity contribution is -0.384. The Kier molecular flexibility index (Phi) is 7.03. The van der Waals surface area contributed by atoms with Crippen LogP contribution in [0, 0.1) is 10.1 Å². The predicted molar refractivity (Wildman–Crippen MR) is 101 cm³/mol. The van der Waals surface area contributed by atoms with Crippen LogP contribution in [0.25, 0.3) is 0 Å². The zero-order valence-electron chi connectivity index (χ0n) is 13.6. The smallest absolute Gasteiger partial charge is 0.271 e. The number of non-ortho nitro benzene ring substituents is 1. The van der Waals surface area contributed by atoms with Crippen LogP contribution in [0.5, 0.6) is 5.75 Å². The number of carbonyl (C=O) groups excluding carboxylic acids is 2. The third kappa shape index (κ3) is 6.20. The number of hydrazine groups is 1. The molecule has 0 aromatic heterocycles. The van der Waals surface area contributed by atoms with E-state index in [1.165, 1.54) is 30.3 Å². The van der Waals surface area contributed by atoms with E-state index in [9.17, 15) is 19.7 Å². The zero-order chi connectivity index (χ0) is 19.8. The quantitative estimate of drug-likeness (QED) is 0.392. The van der Waals surface area contributed by atoms with Gasteiger partial charge in [0.2, 0.25) is 0 Å². The molecule has 0 saturated heterocycles. The average Bonchev–Trinajstić information content (AvgIpc) is 2.65. The first-order valence-electron chi connectivity index (χ1n) is 7.39. The SMILES string of the molecule is O=C(COc1ccc([N+](=O)[O-])cc1)NC(=S)NNC(=O)c1ccccc1Cl. The highest BCUT2D eigenvalue weighted by molar-refractivity contribution is 7.80. The molecular formula is C16H13ClN4O5S. The molecule has 3 N–H and O–H groups in total. The Labute approximate surface area is 163 Å². The number of ether oxygens (including phenoxy) is 1. The number of nitro benzene ring substituents is 1. The number of rotatable bonds is 5. The Hall–Kier alpha value is -3.24. The van der Waals surface area contributed by atoms with E-state index in [1.54, 1.807) is 18.2 Å². The van der Waals surface area contributed by atoms with Gasteiger partial charge < -0.3 is 4.74 Å². The fourth-order valence-corrected chi connectivity index (χ4v) is 2.22. The van der Waals surface area contributed by atoms with Gasteiger partial charge in [0.25, 0.3) is 17.5 Å². The standard InChI is InChI=1S/C16H13ClN4O5S/c17-13-4-2-1-3-12(13)15(23)19-20-16(27)18-14(22)9-26-11-7-5-10(6-8-11)21(24)25/h1-8H,9H2,(H,19,23)(H2,18,20,22,27). The van der Waals surface area contributed by atoms with Crippen LogP contribution >= 0.6 is 23.8 Å². The first-order chi connectivity index (χ1) is 12.9. The van der Waals surface area contributed by atoms with Crippen molar-refractivity contribution in [2.45, 2.75) is 0 Å². The number of benzene rings is 2. The number of hydrogen-bond donors (Lipinski definition) is 3. The van der Waals surface area contributed by atoms with E-state index in [-0.39, 0.29) is 33.7 Å². The van der Waals surface area contributed by atoms with E-state index >= 15 is 0 Å². The Morgan fingerprint density at radius 3 is 2.41 bits per heavy atom. The zero-order valence-corrected chi connectivity index (χ0v) is 15.2. The molecule has 2 rings (SSSR count). The van der Waals surface area contributed by atoms with E-state index in [2.05, 4.69) is 16.2 Å². The second kappa shape index (κ2) is 9.46. The second-order valence-corrected chi connectivity index (χ2v) is 5.79. The van der Waals surface area contributed by atoms with E-state index in [4.69, 9.17) is 28.6 Å². The van der Waals surface area contributed by atoms with Crippen molar-refractivity contribution >= 4 is 46.4 Å². The van der Waals surface area contributed by atoms with Crippen molar-refractivity contribution < 1.29 is 19.2 Å². The molecular weight excluding hydrogens is 396 g/mol. The van der Waals surface area contributed by atoms with Crippen LogP contribution in [0.15, 0.2) is 48.5 Å². The Bertz CT molecular complexity index is 875. The lowest BCUT2D eigenvalue weighted by atomic mass is 10.2.